The van der Waals surface area contributed by atoms with Gasteiger partial charge in [-0.15, -0.1) is 0 Å². The summed E-state index contributed by atoms with van der Waals surface area (Å²) in [7, 11) is -5.13. The Kier molecular flexibility index (Phi) is 5.55. The number of sulfonamides is 1. The summed E-state index contributed by atoms with van der Waals surface area (Å²) in [5.74, 6) is -0.593. The maximum atomic E-state index is 13.6. The molecule has 1 saturated heterocycles. The molecule has 152 valence electrons. The lowest BCUT2D eigenvalue weighted by atomic mass is 10.2. The van der Waals surface area contributed by atoms with Gasteiger partial charge in [-0.2, -0.15) is 0 Å². The molecule has 8 nitrogen and oxygen atoms in total. The van der Waals surface area contributed by atoms with E-state index in [9.17, 15) is 21.9 Å². The molecule has 0 unspecified atom stereocenters. The van der Waals surface area contributed by atoms with Crippen LogP contribution in [0.2, 0.25) is 0 Å². The van der Waals surface area contributed by atoms with Crippen LogP contribution in [0.1, 0.15) is 0 Å². The Morgan fingerprint density at radius 1 is 1.04 bits per heavy atom. The van der Waals surface area contributed by atoms with Crippen LogP contribution in [0, 0.1) is 0 Å². The molecule has 0 aromatic heterocycles. The normalized spacial score (nSPS) is 21.2. The number of aliphatic hydroxyl groups is 1. The Labute approximate surface area is 164 Å². The number of methoxy groups -OCH3 is 2. The minimum absolute atomic E-state index is 0.0806. The van der Waals surface area contributed by atoms with E-state index in [0.717, 1.165) is 4.31 Å². The van der Waals surface area contributed by atoms with Gasteiger partial charge in [-0.1, -0.05) is 18.2 Å². The van der Waals surface area contributed by atoms with E-state index in [1.165, 1.54) is 26.4 Å². The minimum atomic E-state index is -4.29. The van der Waals surface area contributed by atoms with E-state index in [1.54, 1.807) is 36.4 Å². The van der Waals surface area contributed by atoms with Crippen molar-refractivity contribution in [2.24, 2.45) is 0 Å². The Hall–Kier alpha value is -2.30. The third-order valence-electron chi connectivity index (χ3n) is 4.51. The Bertz CT molecular complexity index is 1050. The summed E-state index contributed by atoms with van der Waals surface area (Å²) in [5.41, 5.74) is 0.244. The molecule has 1 aliphatic rings. The van der Waals surface area contributed by atoms with Crippen molar-refractivity contribution in [3.63, 3.8) is 0 Å². The van der Waals surface area contributed by atoms with Crippen molar-refractivity contribution in [1.29, 1.82) is 0 Å². The smallest absolute Gasteiger partial charge is 0.268 e. The standard InChI is InChI=1S/C18H21NO7S2/c1-25-14-8-9-17(26-2)18(10-14)28(23,24)19(13-6-4-3-5-7-13)15-11-27(21,22)12-16(15)20/h3-10,15-16,20H,11-12H2,1-2H3/t15-,16-/m1/s1. The van der Waals surface area contributed by atoms with Gasteiger partial charge in [0.2, 0.25) is 0 Å². The topological polar surface area (TPSA) is 110 Å². The second-order valence-electron chi connectivity index (χ2n) is 6.36. The average molecular weight is 428 g/mol. The zero-order valence-electron chi connectivity index (χ0n) is 15.3. The predicted molar refractivity (Wildman–Crippen MR) is 104 cm³/mol. The average Bonchev–Trinajstić information content (AvgIpc) is 2.94. The van der Waals surface area contributed by atoms with Crippen LogP contribution < -0.4 is 13.8 Å². The van der Waals surface area contributed by atoms with Gasteiger partial charge in [-0.05, 0) is 24.3 Å². The highest BCUT2D eigenvalue weighted by Crippen LogP contribution is 2.36. The SMILES string of the molecule is COc1ccc(OC)c(S(=O)(=O)N(c2ccccc2)[C@@H]2CS(=O)(=O)C[C@H]2O)c1. The predicted octanol–water partition coefficient (Wildman–Crippen LogP) is 1.06. The summed E-state index contributed by atoms with van der Waals surface area (Å²) >= 11 is 0. The van der Waals surface area contributed by atoms with Crippen LogP contribution in [-0.4, -0.2) is 59.8 Å². The number of anilines is 1. The van der Waals surface area contributed by atoms with Crippen LogP contribution in [0.25, 0.3) is 0 Å². The number of hydrogen-bond acceptors (Lipinski definition) is 7. The third-order valence-corrected chi connectivity index (χ3v) is 8.09. The first-order valence-electron chi connectivity index (χ1n) is 8.39. The summed E-state index contributed by atoms with van der Waals surface area (Å²) in [5, 5.41) is 10.4. The van der Waals surface area contributed by atoms with Crippen LogP contribution in [0.4, 0.5) is 5.69 Å². The summed E-state index contributed by atoms with van der Waals surface area (Å²) in [4.78, 5) is -0.185. The second-order valence-corrected chi connectivity index (χ2v) is 10.3. The molecule has 0 bridgehead atoms. The van der Waals surface area contributed by atoms with Crippen LogP contribution >= 0.6 is 0 Å². The first kappa shape index (κ1) is 20.4. The van der Waals surface area contributed by atoms with Gasteiger partial charge in [-0.25, -0.2) is 16.8 Å². The first-order valence-corrected chi connectivity index (χ1v) is 11.7. The van der Waals surface area contributed by atoms with Gasteiger partial charge < -0.3 is 14.6 Å². The molecule has 1 fully saturated rings. The highest BCUT2D eigenvalue weighted by Gasteiger charge is 2.45. The fourth-order valence-electron chi connectivity index (χ4n) is 3.21. The molecule has 0 aliphatic carbocycles. The number of rotatable bonds is 6. The van der Waals surface area contributed by atoms with Gasteiger partial charge in [-0.3, -0.25) is 4.31 Å². The molecular weight excluding hydrogens is 406 g/mol. The van der Waals surface area contributed by atoms with Crippen molar-refractivity contribution in [2.75, 3.05) is 30.0 Å². The van der Waals surface area contributed by atoms with E-state index in [-0.39, 0.29) is 16.3 Å². The van der Waals surface area contributed by atoms with Gasteiger partial charge in [0.1, 0.15) is 16.4 Å². The van der Waals surface area contributed by atoms with Gasteiger partial charge in [0, 0.05) is 6.07 Å². The zero-order valence-corrected chi connectivity index (χ0v) is 17.0. The molecule has 0 radical (unpaired) electrons. The molecule has 2 aromatic carbocycles. The Morgan fingerprint density at radius 2 is 1.71 bits per heavy atom. The molecule has 28 heavy (non-hydrogen) atoms. The third kappa shape index (κ3) is 3.80. The molecule has 0 saturated carbocycles. The summed E-state index contributed by atoms with van der Waals surface area (Å²) in [6, 6.07) is 11.2. The lowest BCUT2D eigenvalue weighted by Gasteiger charge is -2.32. The van der Waals surface area contributed by atoms with Crippen LogP contribution in [0.15, 0.2) is 53.4 Å². The summed E-state index contributed by atoms with van der Waals surface area (Å²) in [6.07, 6.45) is -1.35. The number of ether oxygens (including phenoxy) is 2. The van der Waals surface area contributed by atoms with Gasteiger partial charge >= 0.3 is 0 Å². The van der Waals surface area contributed by atoms with Crippen LogP contribution in [0.3, 0.4) is 0 Å². The number of sulfone groups is 1. The largest absolute Gasteiger partial charge is 0.497 e. The van der Waals surface area contributed by atoms with Crippen molar-refractivity contribution < 1.29 is 31.4 Å². The van der Waals surface area contributed by atoms with E-state index in [1.807, 2.05) is 0 Å². The minimum Gasteiger partial charge on any atom is -0.497 e. The number of benzene rings is 2. The van der Waals surface area contributed by atoms with Crippen molar-refractivity contribution >= 4 is 25.5 Å². The van der Waals surface area contributed by atoms with Crippen molar-refractivity contribution in [3.05, 3.63) is 48.5 Å². The van der Waals surface area contributed by atoms with Crippen molar-refractivity contribution in [1.82, 2.24) is 0 Å². The first-order chi connectivity index (χ1) is 13.2. The number of aliphatic hydroxyl groups excluding tert-OH is 1. The lowest BCUT2D eigenvalue weighted by Crippen LogP contribution is -2.47. The van der Waals surface area contributed by atoms with Gasteiger partial charge in [0.05, 0.1) is 43.6 Å². The van der Waals surface area contributed by atoms with Crippen molar-refractivity contribution in [2.45, 2.75) is 17.0 Å². The van der Waals surface area contributed by atoms with Crippen LogP contribution in [-0.2, 0) is 19.9 Å². The fraction of sp³-hybridized carbons (Fsp3) is 0.333. The van der Waals surface area contributed by atoms with E-state index < -0.39 is 43.5 Å². The van der Waals surface area contributed by atoms with Crippen LogP contribution in [0.5, 0.6) is 11.5 Å². The maximum Gasteiger partial charge on any atom is 0.268 e. The monoisotopic (exact) mass is 427 g/mol. The van der Waals surface area contributed by atoms with E-state index in [4.69, 9.17) is 9.47 Å². The number of nitrogens with zero attached hydrogens (tertiary/aromatic N) is 1. The van der Waals surface area contributed by atoms with Crippen molar-refractivity contribution in [3.8, 4) is 11.5 Å². The highest BCUT2D eigenvalue weighted by molar-refractivity contribution is 7.93. The maximum absolute atomic E-state index is 13.6. The number of hydrogen-bond donors (Lipinski definition) is 1. The highest BCUT2D eigenvalue weighted by atomic mass is 32.2. The Balaban J connectivity index is 2.21. The summed E-state index contributed by atoms with van der Waals surface area (Å²) in [6.45, 7) is 0. The van der Waals surface area contributed by atoms with Gasteiger partial charge in [0.15, 0.2) is 9.84 Å². The molecular formula is C18H21NO7S2. The molecule has 2 atom stereocenters. The number of para-hydroxylation sites is 1. The second kappa shape index (κ2) is 7.61. The zero-order chi connectivity index (χ0) is 20.5. The van der Waals surface area contributed by atoms with E-state index >= 15 is 0 Å². The quantitative estimate of drug-likeness (QED) is 0.734. The molecule has 1 aliphatic heterocycles. The summed E-state index contributed by atoms with van der Waals surface area (Å²) < 4.78 is 62.6. The molecule has 0 spiro atoms. The Morgan fingerprint density at radius 3 is 2.25 bits per heavy atom. The molecule has 2 aromatic rings. The molecule has 3 rings (SSSR count). The molecule has 1 N–H and O–H groups in total. The molecule has 10 heteroatoms. The molecule has 1 heterocycles. The van der Waals surface area contributed by atoms with Gasteiger partial charge in [0.25, 0.3) is 10.0 Å². The van der Waals surface area contributed by atoms with E-state index in [2.05, 4.69) is 0 Å². The van der Waals surface area contributed by atoms with E-state index in [0.29, 0.717) is 5.75 Å². The molecule has 0 amide bonds. The lowest BCUT2D eigenvalue weighted by molar-refractivity contribution is 0.184. The fourth-order valence-corrected chi connectivity index (χ4v) is 6.93.